The van der Waals surface area contributed by atoms with E-state index in [0.717, 1.165) is 76.8 Å². The van der Waals surface area contributed by atoms with Crippen LogP contribution in [-0.2, 0) is 6.42 Å². The van der Waals surface area contributed by atoms with Crippen LogP contribution in [0.1, 0.15) is 58.7 Å². The molecule has 7 nitrogen and oxygen atoms in total. The van der Waals surface area contributed by atoms with Gasteiger partial charge in [0.15, 0.2) is 0 Å². The van der Waals surface area contributed by atoms with Crippen LogP contribution < -0.4 is 10.6 Å². The van der Waals surface area contributed by atoms with Crippen molar-refractivity contribution < 1.29 is 0 Å². The number of anilines is 1. The summed E-state index contributed by atoms with van der Waals surface area (Å²) in [4.78, 5) is 18.7. The van der Waals surface area contributed by atoms with Crippen LogP contribution in [0.4, 0.5) is 11.4 Å². The Morgan fingerprint density at radius 1 is 1.07 bits per heavy atom. The molecule has 0 spiro atoms. The predicted octanol–water partition coefficient (Wildman–Crippen LogP) is 8.01. The number of hydrogen-bond acceptors (Lipinski definition) is 7. The minimum absolute atomic E-state index is 0.174. The third kappa shape index (κ3) is 6.92. The summed E-state index contributed by atoms with van der Waals surface area (Å²) in [6.07, 6.45) is 6.88. The number of nitrogens with zero attached hydrogens (tertiary/aromatic N) is 6. The zero-order chi connectivity index (χ0) is 30.9. The molecule has 2 aromatic carbocycles. The number of aryl methyl sites for hydroxylation is 1. The van der Waals surface area contributed by atoms with Crippen LogP contribution in [0.15, 0.2) is 107 Å². The number of pyridine rings is 1. The smallest absolute Gasteiger partial charge is 0.133 e. The van der Waals surface area contributed by atoms with Crippen molar-refractivity contribution >= 4 is 28.6 Å². The van der Waals surface area contributed by atoms with E-state index in [1.165, 1.54) is 0 Å². The topological polar surface area (TPSA) is 93.9 Å². The third-order valence-corrected chi connectivity index (χ3v) is 7.40. The van der Waals surface area contributed by atoms with Gasteiger partial charge >= 0.3 is 0 Å². The van der Waals surface area contributed by atoms with Crippen LogP contribution in [0, 0.1) is 11.3 Å². The minimum atomic E-state index is 0.174. The second kappa shape index (κ2) is 14.3. The van der Waals surface area contributed by atoms with Crippen molar-refractivity contribution in [3.8, 4) is 17.2 Å². The molecule has 2 N–H and O–H groups in total. The Hall–Kier alpha value is -4.96. The fourth-order valence-corrected chi connectivity index (χ4v) is 5.39. The fourth-order valence-electron chi connectivity index (χ4n) is 5.39. The zero-order valence-corrected chi connectivity index (χ0v) is 25.9. The summed E-state index contributed by atoms with van der Waals surface area (Å²) < 4.78 is 0. The van der Waals surface area contributed by atoms with Gasteiger partial charge in [-0.25, -0.2) is 9.98 Å². The molecule has 0 aliphatic carbocycles. The maximum Gasteiger partial charge on any atom is 0.133 e. The summed E-state index contributed by atoms with van der Waals surface area (Å²) in [5, 5.41) is 10.1. The monoisotopic (exact) mass is 571 g/mol. The number of aromatic nitrogens is 1. The van der Waals surface area contributed by atoms with Crippen molar-refractivity contribution in [1.82, 2.24) is 9.88 Å². The highest BCUT2D eigenvalue weighted by Gasteiger charge is 2.30. The molecule has 3 aromatic rings. The number of fused-ring (bicyclic) bond motifs is 1. The fraction of sp³-hybridized carbons (Fsp3) is 0.278. The molecule has 0 saturated heterocycles. The first-order chi connectivity index (χ1) is 20.8. The lowest BCUT2D eigenvalue weighted by Gasteiger charge is -2.37. The van der Waals surface area contributed by atoms with Gasteiger partial charge in [-0.1, -0.05) is 69.8 Å². The van der Waals surface area contributed by atoms with E-state index >= 15 is 0 Å². The maximum atomic E-state index is 10.1. The number of hydrogen-bond donors (Lipinski definition) is 1. The lowest BCUT2D eigenvalue weighted by atomic mass is 9.93. The van der Waals surface area contributed by atoms with Gasteiger partial charge in [0.25, 0.3) is 0 Å². The first kappa shape index (κ1) is 31.0. The Morgan fingerprint density at radius 3 is 2.44 bits per heavy atom. The average Bonchev–Trinajstić information content (AvgIpc) is 3.01. The van der Waals surface area contributed by atoms with Crippen LogP contribution in [0.2, 0.25) is 0 Å². The number of benzene rings is 2. The Morgan fingerprint density at radius 2 is 1.84 bits per heavy atom. The van der Waals surface area contributed by atoms with Crippen LogP contribution in [-0.4, -0.2) is 34.5 Å². The van der Waals surface area contributed by atoms with Gasteiger partial charge in [0.1, 0.15) is 17.7 Å². The Kier molecular flexibility index (Phi) is 10.3. The largest absolute Gasteiger partial charge is 0.384 e. The standard InChI is InChI=1S/C36H41N7/c1-7-14-34-36-31(28-19-20-29(9-3)39-23-28)17-13-18-33(36)41-35(43(34)30-15-11-10-12-16-30)24-42(21-8-2)26(5)32(22-37)25(4)40-27(6)38/h10-20,23H,6-9,21,24,38H2,1-5H3/b32-26+,34-14+,40-25-. The summed E-state index contributed by atoms with van der Waals surface area (Å²) in [5.74, 6) is 1.05. The first-order valence-electron chi connectivity index (χ1n) is 14.9. The zero-order valence-electron chi connectivity index (χ0n) is 25.9. The molecule has 0 saturated carbocycles. The SMILES string of the molecule is C=C(N)/N=C(C)\C(C#N)=C(/C)N(CCC)CC1=Nc2cccc(-c3ccc(CC)nc3)c2/C(=C\CC)N1c1ccccc1. The van der Waals surface area contributed by atoms with Crippen LogP contribution in [0.3, 0.4) is 0 Å². The summed E-state index contributed by atoms with van der Waals surface area (Å²) in [6.45, 7) is 15.1. The lowest BCUT2D eigenvalue weighted by Crippen LogP contribution is -2.41. The van der Waals surface area contributed by atoms with E-state index in [-0.39, 0.29) is 5.82 Å². The van der Waals surface area contributed by atoms with Gasteiger partial charge in [-0.05, 0) is 62.9 Å². The third-order valence-electron chi connectivity index (χ3n) is 7.40. The molecular weight excluding hydrogens is 530 g/mol. The van der Waals surface area contributed by atoms with Crippen molar-refractivity contribution in [2.45, 2.75) is 53.9 Å². The van der Waals surface area contributed by atoms with Crippen molar-refractivity contribution in [1.29, 1.82) is 5.26 Å². The second-order valence-electron chi connectivity index (χ2n) is 10.5. The number of para-hydroxylation sites is 1. The molecule has 1 aromatic heterocycles. The predicted molar refractivity (Wildman–Crippen MR) is 180 cm³/mol. The highest BCUT2D eigenvalue weighted by molar-refractivity contribution is 6.16. The van der Waals surface area contributed by atoms with Gasteiger partial charge in [0.2, 0.25) is 0 Å². The van der Waals surface area contributed by atoms with Crippen molar-refractivity contribution in [2.24, 2.45) is 15.7 Å². The number of amidine groups is 1. The van der Waals surface area contributed by atoms with E-state index in [9.17, 15) is 5.26 Å². The number of nitriles is 1. The number of aliphatic imine (C=N–C) groups is 2. The summed E-state index contributed by atoms with van der Waals surface area (Å²) in [7, 11) is 0. The van der Waals surface area contributed by atoms with Crippen molar-refractivity contribution in [3.05, 3.63) is 108 Å². The normalized spacial score (nSPS) is 14.5. The van der Waals surface area contributed by atoms with Gasteiger partial charge in [-0.2, -0.15) is 5.26 Å². The quantitative estimate of drug-likeness (QED) is 0.186. The molecule has 7 heteroatoms. The van der Waals surface area contributed by atoms with Crippen LogP contribution >= 0.6 is 0 Å². The number of allylic oxidation sites excluding steroid dienone is 3. The average molecular weight is 572 g/mol. The molecule has 0 bridgehead atoms. The van der Waals surface area contributed by atoms with Gasteiger partial charge in [0.05, 0.1) is 29.2 Å². The molecule has 0 unspecified atom stereocenters. The second-order valence-corrected chi connectivity index (χ2v) is 10.5. The molecule has 2 heterocycles. The molecule has 0 radical (unpaired) electrons. The van der Waals surface area contributed by atoms with E-state index in [0.29, 0.717) is 17.8 Å². The highest BCUT2D eigenvalue weighted by Crippen LogP contribution is 2.43. The van der Waals surface area contributed by atoms with E-state index in [2.05, 4.69) is 96.8 Å². The van der Waals surface area contributed by atoms with Gasteiger partial charge in [-0.15, -0.1) is 0 Å². The van der Waals surface area contributed by atoms with E-state index in [1.54, 1.807) is 6.92 Å². The highest BCUT2D eigenvalue weighted by atomic mass is 15.3. The first-order valence-corrected chi connectivity index (χ1v) is 14.9. The lowest BCUT2D eigenvalue weighted by molar-refractivity contribution is 0.388. The van der Waals surface area contributed by atoms with Crippen LogP contribution in [0.5, 0.6) is 0 Å². The molecule has 220 valence electrons. The van der Waals surface area contributed by atoms with E-state index < -0.39 is 0 Å². The van der Waals surface area contributed by atoms with Crippen molar-refractivity contribution in [2.75, 3.05) is 18.0 Å². The molecule has 4 rings (SSSR count). The van der Waals surface area contributed by atoms with Gasteiger partial charge in [0, 0.05) is 40.9 Å². The van der Waals surface area contributed by atoms with Gasteiger partial charge in [-0.3, -0.25) is 9.88 Å². The summed E-state index contributed by atoms with van der Waals surface area (Å²) in [6, 6.07) is 23.2. The molecular formula is C36H41N7. The molecule has 43 heavy (non-hydrogen) atoms. The molecule has 0 fully saturated rings. The Balaban J connectivity index is 1.93. The van der Waals surface area contributed by atoms with E-state index in [4.69, 9.17) is 15.7 Å². The Labute approximate surface area is 256 Å². The maximum absolute atomic E-state index is 10.1. The molecule has 1 aliphatic rings. The molecule has 0 atom stereocenters. The Bertz CT molecular complexity index is 1620. The number of nitrogens with two attached hydrogens (primary N) is 1. The van der Waals surface area contributed by atoms with E-state index in [1.807, 2.05) is 31.3 Å². The number of rotatable bonds is 11. The summed E-state index contributed by atoms with van der Waals surface area (Å²) >= 11 is 0. The molecule has 0 amide bonds. The van der Waals surface area contributed by atoms with Crippen LogP contribution in [0.25, 0.3) is 16.8 Å². The van der Waals surface area contributed by atoms with Gasteiger partial charge < -0.3 is 10.6 Å². The molecule has 1 aliphatic heterocycles. The minimum Gasteiger partial charge on any atom is -0.384 e. The summed E-state index contributed by atoms with van der Waals surface area (Å²) in [5.41, 5.74) is 14.9. The van der Waals surface area contributed by atoms with Crippen molar-refractivity contribution in [3.63, 3.8) is 0 Å².